The number of allylic oxidation sites excluding steroid dienone is 1. The van der Waals surface area contributed by atoms with Crippen LogP contribution < -0.4 is 5.32 Å². The molecule has 0 aliphatic carbocycles. The molecule has 0 aromatic rings. The largest absolute Gasteiger partial charge is 0.471 e. The first-order chi connectivity index (χ1) is 10.3. The van der Waals surface area contributed by atoms with E-state index in [1.165, 1.54) is 13.8 Å². The minimum Gasteiger partial charge on any atom is -0.344 e. The predicted molar refractivity (Wildman–Crippen MR) is 68.2 cm³/mol. The highest BCUT2D eigenvalue weighted by Gasteiger charge is 2.49. The molecule has 2 amide bonds. The lowest BCUT2D eigenvalue weighted by Crippen LogP contribution is -2.59. The minimum absolute atomic E-state index is 0.301. The molecule has 10 heteroatoms. The van der Waals surface area contributed by atoms with Crippen LogP contribution in [0.3, 0.4) is 0 Å². The molecule has 4 nitrogen and oxygen atoms in total. The summed E-state index contributed by atoms with van der Waals surface area (Å²) >= 11 is 0. The normalized spacial score (nSPS) is 22.5. The van der Waals surface area contributed by atoms with Crippen molar-refractivity contribution in [2.45, 2.75) is 51.1 Å². The van der Waals surface area contributed by atoms with E-state index in [2.05, 4.69) is 0 Å². The fourth-order valence-corrected chi connectivity index (χ4v) is 2.27. The smallest absolute Gasteiger partial charge is 0.344 e. The Morgan fingerprint density at radius 2 is 1.65 bits per heavy atom. The predicted octanol–water partition coefficient (Wildman–Crippen LogP) is 2.55. The van der Waals surface area contributed by atoms with Gasteiger partial charge < -0.3 is 10.2 Å². The molecular weight excluding hydrogens is 330 g/mol. The first-order valence-electron chi connectivity index (χ1n) is 6.72. The fraction of sp³-hybridized carbons (Fsp3) is 0.692. The second kappa shape index (κ2) is 6.79. The van der Waals surface area contributed by atoms with Crippen LogP contribution in [0.25, 0.3) is 0 Å². The van der Waals surface area contributed by atoms with E-state index in [0.29, 0.717) is 10.5 Å². The average Bonchev–Trinajstić information content (AvgIpc) is 2.35. The summed E-state index contributed by atoms with van der Waals surface area (Å²) in [4.78, 5) is 23.3. The lowest BCUT2D eigenvalue weighted by Gasteiger charge is -2.40. The summed E-state index contributed by atoms with van der Waals surface area (Å²) in [5.74, 6) is -3.18. The highest BCUT2D eigenvalue weighted by atomic mass is 19.4. The Morgan fingerprint density at radius 1 is 1.09 bits per heavy atom. The highest BCUT2D eigenvalue weighted by molar-refractivity contribution is 5.88. The van der Waals surface area contributed by atoms with Crippen molar-refractivity contribution >= 4 is 11.8 Å². The maximum Gasteiger partial charge on any atom is 0.471 e. The molecule has 0 spiro atoms. The third-order valence-corrected chi connectivity index (χ3v) is 3.25. The quantitative estimate of drug-likeness (QED) is 0.617. The van der Waals surface area contributed by atoms with E-state index in [1.807, 2.05) is 0 Å². The van der Waals surface area contributed by atoms with Crippen LogP contribution in [0.5, 0.6) is 0 Å². The van der Waals surface area contributed by atoms with Crippen molar-refractivity contribution in [2.75, 3.05) is 6.54 Å². The molecule has 2 atom stereocenters. The van der Waals surface area contributed by atoms with Crippen LogP contribution in [0, 0.1) is 0 Å². The summed E-state index contributed by atoms with van der Waals surface area (Å²) in [5.41, 5.74) is 0.456. The van der Waals surface area contributed by atoms with Gasteiger partial charge in [0, 0.05) is 18.7 Å². The molecule has 1 rings (SSSR count). The molecule has 1 aliphatic rings. The second-order valence-corrected chi connectivity index (χ2v) is 5.52. The molecule has 0 bridgehead atoms. The van der Waals surface area contributed by atoms with Gasteiger partial charge in [-0.15, -0.1) is 0 Å². The minimum atomic E-state index is -5.13. The summed E-state index contributed by atoms with van der Waals surface area (Å²) in [7, 11) is 0. The van der Waals surface area contributed by atoms with Gasteiger partial charge in [-0.2, -0.15) is 26.3 Å². The molecule has 23 heavy (non-hydrogen) atoms. The maximum absolute atomic E-state index is 13.0. The Hall–Kier alpha value is -1.74. The molecule has 0 aromatic heterocycles. The van der Waals surface area contributed by atoms with Gasteiger partial charge in [0.15, 0.2) is 0 Å². The van der Waals surface area contributed by atoms with Crippen molar-refractivity contribution in [3.05, 3.63) is 11.6 Å². The van der Waals surface area contributed by atoms with Crippen LogP contribution in [0.2, 0.25) is 0 Å². The van der Waals surface area contributed by atoms with E-state index in [9.17, 15) is 35.9 Å². The van der Waals surface area contributed by atoms with Crippen LogP contribution in [0.4, 0.5) is 26.3 Å². The number of halogens is 6. The summed E-state index contributed by atoms with van der Waals surface area (Å²) in [6.45, 7) is 2.38. The Kier molecular flexibility index (Phi) is 5.70. The van der Waals surface area contributed by atoms with Gasteiger partial charge in [0.2, 0.25) is 5.91 Å². The third kappa shape index (κ3) is 5.43. The van der Waals surface area contributed by atoms with Crippen LogP contribution in [-0.4, -0.2) is 47.7 Å². The number of hydrogen-bond donors (Lipinski definition) is 1. The van der Waals surface area contributed by atoms with E-state index in [-0.39, 0.29) is 6.42 Å². The van der Waals surface area contributed by atoms with Crippen molar-refractivity contribution in [3.8, 4) is 0 Å². The van der Waals surface area contributed by atoms with Crippen LogP contribution in [-0.2, 0) is 9.59 Å². The van der Waals surface area contributed by atoms with Gasteiger partial charge in [-0.1, -0.05) is 5.57 Å². The summed E-state index contributed by atoms with van der Waals surface area (Å²) < 4.78 is 75.6. The molecule has 0 radical (unpaired) electrons. The van der Waals surface area contributed by atoms with Crippen molar-refractivity contribution in [1.29, 1.82) is 0 Å². The summed E-state index contributed by atoms with van der Waals surface area (Å²) in [5, 5.41) is 1.62. The Bertz CT molecular complexity index is 494. The van der Waals surface area contributed by atoms with Gasteiger partial charge in [0.05, 0.1) is 0 Å². The van der Waals surface area contributed by atoms with E-state index in [4.69, 9.17) is 0 Å². The molecule has 1 saturated heterocycles. The molecule has 132 valence electrons. The third-order valence-electron chi connectivity index (χ3n) is 3.25. The number of alkyl halides is 6. The zero-order valence-corrected chi connectivity index (χ0v) is 12.4. The fourth-order valence-electron chi connectivity index (χ4n) is 2.27. The van der Waals surface area contributed by atoms with Crippen molar-refractivity contribution in [1.82, 2.24) is 10.2 Å². The lowest BCUT2D eigenvalue weighted by atomic mass is 9.97. The van der Waals surface area contributed by atoms with Gasteiger partial charge in [0.1, 0.15) is 6.04 Å². The standard InChI is InChI=1S/C13H16F6N2O2/c1-7(2)5-10(22)21-6-8(20-11(23)13(17,18)19)3-4-9(21)12(14,15)16/h5,8-9H,3-4,6H2,1-2H3,(H,20,23)/t8-,9-/m1/s1. The molecular formula is C13H16F6N2O2. The average molecular weight is 346 g/mol. The number of amides is 2. The number of carbonyl (C=O) groups excluding carboxylic acids is 2. The Labute approximate surface area is 128 Å². The number of nitrogens with one attached hydrogen (secondary N) is 1. The van der Waals surface area contributed by atoms with Gasteiger partial charge >= 0.3 is 18.3 Å². The topological polar surface area (TPSA) is 49.4 Å². The van der Waals surface area contributed by atoms with E-state index in [0.717, 1.165) is 6.08 Å². The molecule has 1 aliphatic heterocycles. The molecule has 1 fully saturated rings. The lowest BCUT2D eigenvalue weighted by molar-refractivity contribution is -0.196. The number of carbonyl (C=O) groups is 2. The van der Waals surface area contributed by atoms with E-state index in [1.54, 1.807) is 5.32 Å². The van der Waals surface area contributed by atoms with Crippen LogP contribution >= 0.6 is 0 Å². The maximum atomic E-state index is 13.0. The molecule has 0 unspecified atom stereocenters. The van der Waals surface area contributed by atoms with Crippen molar-refractivity contribution in [2.24, 2.45) is 0 Å². The second-order valence-electron chi connectivity index (χ2n) is 5.52. The van der Waals surface area contributed by atoms with Crippen molar-refractivity contribution < 1.29 is 35.9 Å². The molecule has 1 N–H and O–H groups in total. The number of nitrogens with zero attached hydrogens (tertiary/aromatic N) is 1. The SMILES string of the molecule is CC(C)=CC(=O)N1C[C@H](NC(=O)C(F)(F)F)CC[C@@H]1C(F)(F)F. The summed E-state index contributed by atoms with van der Waals surface area (Å²) in [6, 6.07) is -3.26. The number of likely N-dealkylation sites (tertiary alicyclic amines) is 1. The Balaban J connectivity index is 2.92. The van der Waals surface area contributed by atoms with Crippen LogP contribution in [0.1, 0.15) is 26.7 Å². The number of rotatable bonds is 2. The first-order valence-corrected chi connectivity index (χ1v) is 6.72. The molecule has 0 aromatic carbocycles. The number of hydrogen-bond acceptors (Lipinski definition) is 2. The zero-order chi connectivity index (χ0) is 18.0. The number of piperidine rings is 1. The van der Waals surface area contributed by atoms with Crippen LogP contribution in [0.15, 0.2) is 11.6 Å². The Morgan fingerprint density at radius 3 is 2.09 bits per heavy atom. The monoisotopic (exact) mass is 346 g/mol. The molecule has 0 saturated carbocycles. The van der Waals surface area contributed by atoms with Crippen molar-refractivity contribution in [3.63, 3.8) is 0 Å². The van der Waals surface area contributed by atoms with Gasteiger partial charge in [0.25, 0.3) is 0 Å². The van der Waals surface area contributed by atoms with Gasteiger partial charge in [-0.25, -0.2) is 0 Å². The summed E-state index contributed by atoms with van der Waals surface area (Å²) in [6.07, 6.45) is -9.72. The zero-order valence-electron chi connectivity index (χ0n) is 12.4. The van der Waals surface area contributed by atoms with Gasteiger partial charge in [-0.3, -0.25) is 9.59 Å². The molecule has 1 heterocycles. The van der Waals surface area contributed by atoms with E-state index >= 15 is 0 Å². The first kappa shape index (κ1) is 19.3. The van der Waals surface area contributed by atoms with Gasteiger partial charge in [-0.05, 0) is 26.7 Å². The van der Waals surface area contributed by atoms with E-state index < -0.39 is 49.2 Å². The highest BCUT2D eigenvalue weighted by Crippen LogP contribution is 2.32.